The number of para-hydroxylation sites is 1. The zero-order valence-corrected chi connectivity index (χ0v) is 10.9. The molecule has 0 radical (unpaired) electrons. The molecule has 6 heteroatoms. The normalized spacial score (nSPS) is 11.1. The minimum atomic E-state index is 0.473. The van der Waals surface area contributed by atoms with Crippen LogP contribution in [-0.2, 0) is 13.6 Å². The van der Waals surface area contributed by atoms with Crippen molar-refractivity contribution in [3.63, 3.8) is 0 Å². The third-order valence-corrected chi connectivity index (χ3v) is 3.23. The molecule has 0 atom stereocenters. The van der Waals surface area contributed by atoms with Gasteiger partial charge in [0.1, 0.15) is 11.3 Å². The Morgan fingerprint density at radius 2 is 2.16 bits per heavy atom. The Bertz CT molecular complexity index is 728. The van der Waals surface area contributed by atoms with Crippen molar-refractivity contribution >= 4 is 17.0 Å². The number of nitrogens with two attached hydrogens (primary N) is 1. The number of rotatable bonds is 3. The fraction of sp³-hybridized carbons (Fsp3) is 0.231. The largest absolute Gasteiger partial charge is 0.494 e. The number of methoxy groups -OCH3 is 1. The van der Waals surface area contributed by atoms with Gasteiger partial charge in [-0.25, -0.2) is 4.98 Å². The number of nitrogen functional groups attached to an aromatic ring is 1. The van der Waals surface area contributed by atoms with Gasteiger partial charge in [-0.1, -0.05) is 6.07 Å². The standard InChI is InChI=1S/C13H15N5O/c1-17-9(6-7-15-17)8-18-10-4-3-5-11(19-2)12(10)16-13(18)14/h3-7H,8H2,1-2H3,(H2,14,16). The van der Waals surface area contributed by atoms with Crippen LogP contribution in [-0.4, -0.2) is 26.4 Å². The molecule has 0 aliphatic carbocycles. The van der Waals surface area contributed by atoms with Gasteiger partial charge in [-0.2, -0.15) is 5.10 Å². The SMILES string of the molecule is COc1cccc2c1nc(N)n2Cc1ccnn1C. The van der Waals surface area contributed by atoms with Crippen LogP contribution in [0.1, 0.15) is 5.69 Å². The fourth-order valence-corrected chi connectivity index (χ4v) is 2.19. The van der Waals surface area contributed by atoms with Crippen LogP contribution < -0.4 is 10.5 Å². The van der Waals surface area contributed by atoms with Crippen molar-refractivity contribution in [1.29, 1.82) is 0 Å². The summed E-state index contributed by atoms with van der Waals surface area (Å²) in [6.45, 7) is 0.631. The van der Waals surface area contributed by atoms with E-state index in [9.17, 15) is 0 Å². The van der Waals surface area contributed by atoms with Crippen molar-refractivity contribution in [2.24, 2.45) is 7.05 Å². The lowest BCUT2D eigenvalue weighted by atomic mass is 10.3. The summed E-state index contributed by atoms with van der Waals surface area (Å²) in [5.41, 5.74) is 8.81. The lowest BCUT2D eigenvalue weighted by molar-refractivity contribution is 0.419. The van der Waals surface area contributed by atoms with Crippen LogP contribution >= 0.6 is 0 Å². The number of hydrogen-bond donors (Lipinski definition) is 1. The Morgan fingerprint density at radius 1 is 1.32 bits per heavy atom. The maximum absolute atomic E-state index is 6.01. The van der Waals surface area contributed by atoms with E-state index in [4.69, 9.17) is 10.5 Å². The van der Waals surface area contributed by atoms with Crippen molar-refractivity contribution in [3.05, 3.63) is 36.2 Å². The van der Waals surface area contributed by atoms with Gasteiger partial charge in [0.05, 0.1) is 24.9 Å². The number of aryl methyl sites for hydroxylation is 1. The van der Waals surface area contributed by atoms with E-state index in [0.717, 1.165) is 22.5 Å². The quantitative estimate of drug-likeness (QED) is 0.770. The second-order valence-corrected chi connectivity index (χ2v) is 4.33. The summed E-state index contributed by atoms with van der Waals surface area (Å²) in [4.78, 5) is 4.38. The van der Waals surface area contributed by atoms with Crippen molar-refractivity contribution in [3.8, 4) is 5.75 Å². The third-order valence-electron chi connectivity index (χ3n) is 3.23. The predicted octanol–water partition coefficient (Wildman–Crippen LogP) is 1.41. The molecule has 0 aliphatic rings. The molecule has 3 rings (SSSR count). The molecule has 2 N–H and O–H groups in total. The molecule has 0 aliphatic heterocycles. The first-order valence-electron chi connectivity index (χ1n) is 5.96. The molecular weight excluding hydrogens is 242 g/mol. The second-order valence-electron chi connectivity index (χ2n) is 4.33. The minimum Gasteiger partial charge on any atom is -0.494 e. The van der Waals surface area contributed by atoms with Crippen LogP contribution in [0.3, 0.4) is 0 Å². The van der Waals surface area contributed by atoms with E-state index in [0.29, 0.717) is 12.5 Å². The Kier molecular flexibility index (Phi) is 2.63. The van der Waals surface area contributed by atoms with E-state index in [2.05, 4.69) is 10.1 Å². The molecular formula is C13H15N5O. The van der Waals surface area contributed by atoms with E-state index in [1.165, 1.54) is 0 Å². The molecule has 0 spiro atoms. The van der Waals surface area contributed by atoms with Crippen molar-refractivity contribution < 1.29 is 4.74 Å². The van der Waals surface area contributed by atoms with E-state index in [1.807, 2.05) is 40.6 Å². The molecule has 0 bridgehead atoms. The topological polar surface area (TPSA) is 70.9 Å². The summed E-state index contributed by atoms with van der Waals surface area (Å²) in [6.07, 6.45) is 1.77. The number of imidazole rings is 1. The number of aromatic nitrogens is 4. The molecule has 0 saturated heterocycles. The van der Waals surface area contributed by atoms with Crippen molar-refractivity contribution in [2.75, 3.05) is 12.8 Å². The number of hydrogen-bond acceptors (Lipinski definition) is 4. The Labute approximate surface area is 110 Å². The van der Waals surface area contributed by atoms with Crippen LogP contribution in [0.2, 0.25) is 0 Å². The zero-order chi connectivity index (χ0) is 13.4. The molecule has 3 aromatic rings. The molecule has 19 heavy (non-hydrogen) atoms. The number of ether oxygens (including phenoxy) is 1. The zero-order valence-electron chi connectivity index (χ0n) is 10.9. The highest BCUT2D eigenvalue weighted by molar-refractivity contribution is 5.84. The highest BCUT2D eigenvalue weighted by Crippen LogP contribution is 2.27. The Morgan fingerprint density at radius 3 is 2.84 bits per heavy atom. The molecule has 0 saturated carbocycles. The van der Waals surface area contributed by atoms with Gasteiger partial charge >= 0.3 is 0 Å². The number of fused-ring (bicyclic) bond motifs is 1. The van der Waals surface area contributed by atoms with Gasteiger partial charge in [0.25, 0.3) is 0 Å². The maximum Gasteiger partial charge on any atom is 0.201 e. The monoisotopic (exact) mass is 257 g/mol. The molecule has 6 nitrogen and oxygen atoms in total. The van der Waals surface area contributed by atoms with E-state index < -0.39 is 0 Å². The smallest absolute Gasteiger partial charge is 0.201 e. The molecule has 0 unspecified atom stereocenters. The van der Waals surface area contributed by atoms with Gasteiger partial charge in [0.15, 0.2) is 0 Å². The van der Waals surface area contributed by atoms with E-state index in [1.54, 1.807) is 13.3 Å². The molecule has 0 amide bonds. The number of anilines is 1. The molecule has 2 heterocycles. The van der Waals surface area contributed by atoms with Gasteiger partial charge in [-0.05, 0) is 18.2 Å². The van der Waals surface area contributed by atoms with Crippen molar-refractivity contribution in [1.82, 2.24) is 19.3 Å². The van der Waals surface area contributed by atoms with Crippen LogP contribution in [0.5, 0.6) is 5.75 Å². The Hall–Kier alpha value is -2.50. The predicted molar refractivity (Wildman–Crippen MR) is 73.0 cm³/mol. The first-order valence-corrected chi connectivity index (χ1v) is 5.96. The lowest BCUT2D eigenvalue weighted by Crippen LogP contribution is -2.08. The Balaban J connectivity index is 2.13. The second kappa shape index (κ2) is 4.31. The summed E-state index contributed by atoms with van der Waals surface area (Å²) < 4.78 is 9.08. The summed E-state index contributed by atoms with van der Waals surface area (Å²) in [7, 11) is 3.54. The molecule has 0 fully saturated rings. The summed E-state index contributed by atoms with van der Waals surface area (Å²) in [5.74, 6) is 1.20. The van der Waals surface area contributed by atoms with Gasteiger partial charge in [-0.15, -0.1) is 0 Å². The highest BCUT2D eigenvalue weighted by atomic mass is 16.5. The first-order chi connectivity index (χ1) is 9.20. The van der Waals surface area contributed by atoms with Crippen LogP contribution in [0.25, 0.3) is 11.0 Å². The summed E-state index contributed by atoms with van der Waals surface area (Å²) in [5, 5.41) is 4.16. The molecule has 2 aromatic heterocycles. The summed E-state index contributed by atoms with van der Waals surface area (Å²) in [6, 6.07) is 7.76. The molecule has 98 valence electrons. The average molecular weight is 257 g/mol. The van der Waals surface area contributed by atoms with E-state index in [-0.39, 0.29) is 0 Å². The van der Waals surface area contributed by atoms with E-state index >= 15 is 0 Å². The highest BCUT2D eigenvalue weighted by Gasteiger charge is 2.13. The van der Waals surface area contributed by atoms with Crippen molar-refractivity contribution in [2.45, 2.75) is 6.54 Å². The van der Waals surface area contributed by atoms with Gasteiger partial charge in [-0.3, -0.25) is 4.68 Å². The van der Waals surface area contributed by atoms with Crippen LogP contribution in [0, 0.1) is 0 Å². The first kappa shape index (κ1) is 11.6. The lowest BCUT2D eigenvalue weighted by Gasteiger charge is -2.07. The van der Waals surface area contributed by atoms with Gasteiger partial charge in [0.2, 0.25) is 5.95 Å². The minimum absolute atomic E-state index is 0.473. The van der Waals surface area contributed by atoms with Gasteiger partial charge < -0.3 is 15.0 Å². The summed E-state index contributed by atoms with van der Waals surface area (Å²) >= 11 is 0. The van der Waals surface area contributed by atoms with Crippen LogP contribution in [0.15, 0.2) is 30.5 Å². The van der Waals surface area contributed by atoms with Gasteiger partial charge in [0, 0.05) is 13.2 Å². The average Bonchev–Trinajstić information content (AvgIpc) is 2.95. The number of nitrogens with zero attached hydrogens (tertiary/aromatic N) is 4. The third kappa shape index (κ3) is 1.81. The van der Waals surface area contributed by atoms with Crippen LogP contribution in [0.4, 0.5) is 5.95 Å². The maximum atomic E-state index is 6.01. The number of benzene rings is 1. The molecule has 1 aromatic carbocycles. The fourth-order valence-electron chi connectivity index (χ4n) is 2.19.